The number of urea groups is 1. The number of aromatic nitrogens is 4. The van der Waals surface area contributed by atoms with Crippen LogP contribution in [0.5, 0.6) is 0 Å². The molecule has 2 aromatic rings. The average Bonchev–Trinajstić information content (AvgIpc) is 3.36. The molecular formula is C18H24N6O3S. The van der Waals surface area contributed by atoms with Crippen molar-refractivity contribution in [3.63, 3.8) is 0 Å². The smallest absolute Gasteiger partial charge is 0.317 e. The van der Waals surface area contributed by atoms with Gasteiger partial charge < -0.3 is 10.2 Å². The van der Waals surface area contributed by atoms with Gasteiger partial charge in [0.05, 0.1) is 17.2 Å². The Balaban J connectivity index is 1.23. The van der Waals surface area contributed by atoms with E-state index in [2.05, 4.69) is 15.5 Å². The molecule has 28 heavy (non-hydrogen) atoms. The molecule has 4 heterocycles. The lowest BCUT2D eigenvalue weighted by Crippen LogP contribution is -2.48. The Morgan fingerprint density at radius 2 is 1.82 bits per heavy atom. The Kier molecular flexibility index (Phi) is 4.26. The Hall–Kier alpha value is -2.23. The second kappa shape index (κ2) is 6.68. The standard InChI is InChI=1S/C18H24N6O3S/c25-18(19-14-7-10-28(26,27)11-14)23-8-5-13(6-9-23)17-21-20-16-4-3-15(12-1-2-12)22-24(16)17/h3-4,12-14H,1-2,5-11H2,(H,19,25). The fourth-order valence-corrected chi connectivity index (χ4v) is 5.86. The molecule has 1 N–H and O–H groups in total. The number of sulfone groups is 1. The molecule has 150 valence electrons. The van der Waals surface area contributed by atoms with Crippen molar-refractivity contribution >= 4 is 21.5 Å². The minimum Gasteiger partial charge on any atom is -0.334 e. The van der Waals surface area contributed by atoms with Gasteiger partial charge in [0, 0.05) is 31.0 Å². The molecule has 0 bridgehead atoms. The van der Waals surface area contributed by atoms with E-state index in [1.165, 1.54) is 12.8 Å². The summed E-state index contributed by atoms with van der Waals surface area (Å²) in [6, 6.07) is 3.60. The maximum absolute atomic E-state index is 12.5. The Morgan fingerprint density at radius 1 is 1.04 bits per heavy atom. The molecule has 5 rings (SSSR count). The average molecular weight is 404 g/mol. The fraction of sp³-hybridized carbons (Fsp3) is 0.667. The number of carbonyl (C=O) groups is 1. The number of hydrogen-bond donors (Lipinski definition) is 1. The van der Waals surface area contributed by atoms with E-state index in [9.17, 15) is 13.2 Å². The second-order valence-corrected chi connectivity index (χ2v) is 10.4. The van der Waals surface area contributed by atoms with Crippen molar-refractivity contribution in [2.45, 2.75) is 50.0 Å². The number of nitrogens with zero attached hydrogens (tertiary/aromatic N) is 5. The molecule has 3 aliphatic rings. The van der Waals surface area contributed by atoms with Gasteiger partial charge in [0.2, 0.25) is 0 Å². The van der Waals surface area contributed by atoms with Gasteiger partial charge in [-0.15, -0.1) is 10.2 Å². The molecule has 1 unspecified atom stereocenters. The normalized spacial score (nSPS) is 25.3. The van der Waals surface area contributed by atoms with Crippen LogP contribution in [0.15, 0.2) is 12.1 Å². The summed E-state index contributed by atoms with van der Waals surface area (Å²) in [7, 11) is -2.99. The first-order valence-corrected chi connectivity index (χ1v) is 11.8. The van der Waals surface area contributed by atoms with E-state index >= 15 is 0 Å². The molecular weight excluding hydrogens is 380 g/mol. The SMILES string of the molecule is O=C(NC1CCS(=O)(=O)C1)N1CCC(c2nnc3ccc(C4CC4)nn23)CC1. The van der Waals surface area contributed by atoms with Gasteiger partial charge in [0.15, 0.2) is 21.3 Å². The van der Waals surface area contributed by atoms with Crippen LogP contribution in [0, 0.1) is 0 Å². The summed E-state index contributed by atoms with van der Waals surface area (Å²) >= 11 is 0. The lowest BCUT2D eigenvalue weighted by atomic mass is 9.96. The first kappa shape index (κ1) is 17.8. The molecule has 1 aliphatic carbocycles. The number of likely N-dealkylation sites (tertiary alicyclic amines) is 1. The minimum absolute atomic E-state index is 0.0515. The van der Waals surface area contributed by atoms with Crippen LogP contribution in [-0.2, 0) is 9.84 Å². The van der Waals surface area contributed by atoms with E-state index in [1.807, 2.05) is 16.6 Å². The quantitative estimate of drug-likeness (QED) is 0.820. The molecule has 10 heteroatoms. The number of amides is 2. The van der Waals surface area contributed by atoms with E-state index in [4.69, 9.17) is 5.10 Å². The molecule has 0 spiro atoms. The highest BCUT2D eigenvalue weighted by Gasteiger charge is 2.32. The van der Waals surface area contributed by atoms with Crippen molar-refractivity contribution in [1.29, 1.82) is 0 Å². The molecule has 2 aliphatic heterocycles. The summed E-state index contributed by atoms with van der Waals surface area (Å²) in [5, 5.41) is 16.2. The van der Waals surface area contributed by atoms with Crippen LogP contribution in [0.1, 0.15) is 55.5 Å². The molecule has 1 saturated carbocycles. The van der Waals surface area contributed by atoms with Crippen LogP contribution in [0.25, 0.3) is 5.65 Å². The van der Waals surface area contributed by atoms with Gasteiger partial charge in [-0.2, -0.15) is 9.61 Å². The van der Waals surface area contributed by atoms with E-state index in [0.717, 1.165) is 30.0 Å². The number of piperidine rings is 1. The van der Waals surface area contributed by atoms with Gasteiger partial charge in [-0.25, -0.2) is 13.2 Å². The van der Waals surface area contributed by atoms with Crippen LogP contribution >= 0.6 is 0 Å². The van der Waals surface area contributed by atoms with Crippen molar-refractivity contribution in [2.75, 3.05) is 24.6 Å². The Bertz CT molecular complexity index is 1010. The van der Waals surface area contributed by atoms with Crippen LogP contribution in [0.3, 0.4) is 0 Å². The van der Waals surface area contributed by atoms with Crippen molar-refractivity contribution in [3.05, 3.63) is 23.7 Å². The largest absolute Gasteiger partial charge is 0.334 e. The lowest BCUT2D eigenvalue weighted by molar-refractivity contribution is 0.177. The van der Waals surface area contributed by atoms with Gasteiger partial charge in [0.1, 0.15) is 0 Å². The summed E-state index contributed by atoms with van der Waals surface area (Å²) in [4.78, 5) is 14.2. The molecule has 9 nitrogen and oxygen atoms in total. The molecule has 2 amide bonds. The van der Waals surface area contributed by atoms with E-state index in [1.54, 1.807) is 4.90 Å². The predicted octanol–water partition coefficient (Wildman–Crippen LogP) is 1.08. The molecule has 2 aromatic heterocycles. The topological polar surface area (TPSA) is 110 Å². The zero-order valence-corrected chi connectivity index (χ0v) is 16.4. The van der Waals surface area contributed by atoms with Gasteiger partial charge in [0.25, 0.3) is 0 Å². The summed E-state index contributed by atoms with van der Waals surface area (Å²) in [6.07, 6.45) is 4.50. The highest BCUT2D eigenvalue weighted by atomic mass is 32.2. The molecule has 0 radical (unpaired) electrons. The molecule has 1 atom stereocenters. The monoisotopic (exact) mass is 404 g/mol. The Labute approximate surface area is 163 Å². The third kappa shape index (κ3) is 3.45. The van der Waals surface area contributed by atoms with E-state index in [-0.39, 0.29) is 29.5 Å². The van der Waals surface area contributed by atoms with Crippen molar-refractivity contribution < 1.29 is 13.2 Å². The van der Waals surface area contributed by atoms with Gasteiger partial charge >= 0.3 is 6.03 Å². The van der Waals surface area contributed by atoms with Gasteiger partial charge in [-0.3, -0.25) is 0 Å². The highest BCUT2D eigenvalue weighted by Crippen LogP contribution is 2.39. The van der Waals surface area contributed by atoms with Crippen LogP contribution < -0.4 is 5.32 Å². The number of fused-ring (bicyclic) bond motifs is 1. The third-order valence-electron chi connectivity index (χ3n) is 6.01. The summed E-state index contributed by atoms with van der Waals surface area (Å²) in [5.74, 6) is 1.88. The zero-order valence-electron chi connectivity index (χ0n) is 15.6. The molecule has 3 fully saturated rings. The molecule has 0 aromatic carbocycles. The number of rotatable bonds is 3. The highest BCUT2D eigenvalue weighted by molar-refractivity contribution is 7.91. The Morgan fingerprint density at radius 3 is 2.50 bits per heavy atom. The summed E-state index contributed by atoms with van der Waals surface area (Å²) in [6.45, 7) is 1.24. The number of carbonyl (C=O) groups excluding carboxylic acids is 1. The van der Waals surface area contributed by atoms with Crippen molar-refractivity contribution in [3.8, 4) is 0 Å². The first-order chi connectivity index (χ1) is 13.5. The maximum atomic E-state index is 12.5. The summed E-state index contributed by atoms with van der Waals surface area (Å²) < 4.78 is 25.0. The lowest BCUT2D eigenvalue weighted by Gasteiger charge is -2.31. The first-order valence-electron chi connectivity index (χ1n) is 9.97. The zero-order chi connectivity index (χ0) is 19.3. The van der Waals surface area contributed by atoms with Crippen LogP contribution in [0.4, 0.5) is 4.79 Å². The number of nitrogens with one attached hydrogen (secondary N) is 1. The summed E-state index contributed by atoms with van der Waals surface area (Å²) in [5.41, 5.74) is 1.87. The van der Waals surface area contributed by atoms with Crippen molar-refractivity contribution in [1.82, 2.24) is 30.0 Å². The van der Waals surface area contributed by atoms with E-state index < -0.39 is 9.84 Å². The fourth-order valence-electron chi connectivity index (χ4n) is 4.19. The van der Waals surface area contributed by atoms with E-state index in [0.29, 0.717) is 25.4 Å². The van der Waals surface area contributed by atoms with Crippen molar-refractivity contribution in [2.24, 2.45) is 0 Å². The van der Waals surface area contributed by atoms with Crippen LogP contribution in [-0.4, -0.2) is 69.8 Å². The number of hydrogen-bond acceptors (Lipinski definition) is 6. The third-order valence-corrected chi connectivity index (χ3v) is 7.78. The second-order valence-electron chi connectivity index (χ2n) is 8.17. The molecule has 2 saturated heterocycles. The van der Waals surface area contributed by atoms with Gasteiger partial charge in [-0.05, 0) is 44.2 Å². The maximum Gasteiger partial charge on any atom is 0.317 e. The minimum atomic E-state index is -2.99. The van der Waals surface area contributed by atoms with Gasteiger partial charge in [-0.1, -0.05) is 0 Å². The van der Waals surface area contributed by atoms with Crippen LogP contribution in [0.2, 0.25) is 0 Å². The predicted molar refractivity (Wildman–Crippen MR) is 102 cm³/mol.